The van der Waals surface area contributed by atoms with Crippen molar-refractivity contribution in [3.8, 4) is 0 Å². The lowest BCUT2D eigenvalue weighted by molar-refractivity contribution is -0.120. The Hall–Kier alpha value is -2.22. The number of nitrogen functional groups attached to an aromatic ring is 1. The number of rotatable bonds is 5. The Bertz CT molecular complexity index is 1370. The lowest BCUT2D eigenvalue weighted by Gasteiger charge is -2.23. The van der Waals surface area contributed by atoms with Gasteiger partial charge in [-0.2, -0.15) is 0 Å². The molecule has 11 heteroatoms. The minimum absolute atomic E-state index is 0.0439. The third kappa shape index (κ3) is 3.92. The van der Waals surface area contributed by atoms with Gasteiger partial charge in [0, 0.05) is 24.3 Å². The number of benzene rings is 3. The average Bonchev–Trinajstić information content (AvgIpc) is 3.32. The molecule has 0 aliphatic heterocycles. The number of anilines is 2. The molecule has 3 aromatic carbocycles. The van der Waals surface area contributed by atoms with Gasteiger partial charge in [0.15, 0.2) is 0 Å². The summed E-state index contributed by atoms with van der Waals surface area (Å²) in [5.41, 5.74) is 11.3. The van der Waals surface area contributed by atoms with Crippen LogP contribution in [0.1, 0.15) is 27.4 Å². The van der Waals surface area contributed by atoms with Crippen molar-refractivity contribution in [3.63, 3.8) is 0 Å². The molecule has 4 N–H and O–H groups in total. The predicted octanol–water partition coefficient (Wildman–Crippen LogP) is 6.34. The topological polar surface area (TPSA) is 89.4 Å². The summed E-state index contributed by atoms with van der Waals surface area (Å²) in [5.74, 6) is -3.02. The molecule has 0 radical (unpaired) electrons. The fourth-order valence-corrected chi connectivity index (χ4v) is 6.31. The van der Waals surface area contributed by atoms with E-state index in [1.807, 2.05) is 0 Å². The largest absolute Gasteiger partial charge is 0.399 e. The van der Waals surface area contributed by atoms with Crippen molar-refractivity contribution in [3.05, 3.63) is 92.2 Å². The lowest BCUT2D eigenvalue weighted by atomic mass is 9.88. The van der Waals surface area contributed by atoms with Crippen molar-refractivity contribution in [2.45, 2.75) is 15.7 Å². The maximum absolute atomic E-state index is 13.8. The fraction of sp³-hybridized carbons (Fsp3) is 0.167. The van der Waals surface area contributed by atoms with Crippen molar-refractivity contribution in [1.29, 1.82) is 0 Å². The van der Waals surface area contributed by atoms with Crippen LogP contribution in [0.4, 0.5) is 15.8 Å². The highest BCUT2D eigenvalue weighted by Crippen LogP contribution is 2.75. The fourth-order valence-electron chi connectivity index (χ4n) is 4.37. The Balaban J connectivity index is 1.85. The van der Waals surface area contributed by atoms with Gasteiger partial charge in [-0.3, -0.25) is 9.59 Å². The molecule has 4 rings (SSSR count). The zero-order chi connectivity index (χ0) is 25.9. The summed E-state index contributed by atoms with van der Waals surface area (Å²) in [5, 5.41) is -0.271. The van der Waals surface area contributed by atoms with Crippen LogP contribution < -0.4 is 16.4 Å². The molecule has 5 nitrogen and oxygen atoms in total. The van der Waals surface area contributed by atoms with Crippen LogP contribution >= 0.6 is 58.0 Å². The number of primary amides is 1. The average molecular weight is 576 g/mol. The van der Waals surface area contributed by atoms with Crippen molar-refractivity contribution in [1.82, 2.24) is 0 Å². The third-order valence-corrected chi connectivity index (χ3v) is 8.25. The van der Waals surface area contributed by atoms with Crippen molar-refractivity contribution in [2.24, 2.45) is 5.73 Å². The zero-order valence-electron chi connectivity index (χ0n) is 18.0. The van der Waals surface area contributed by atoms with Crippen LogP contribution in [0, 0.1) is 5.82 Å². The number of hydrogen-bond acceptors (Lipinski definition) is 3. The molecule has 2 unspecified atom stereocenters. The van der Waals surface area contributed by atoms with Gasteiger partial charge in [-0.1, -0.05) is 70.1 Å². The van der Waals surface area contributed by atoms with E-state index >= 15 is 0 Å². The molecule has 1 fully saturated rings. The number of carbonyl (C=O) groups is 2. The second-order valence-corrected chi connectivity index (χ2v) is 10.7. The third-order valence-electron chi connectivity index (χ3n) is 6.22. The monoisotopic (exact) mass is 573 g/mol. The van der Waals surface area contributed by atoms with E-state index in [1.54, 1.807) is 24.3 Å². The molecule has 1 aliphatic carbocycles. The van der Waals surface area contributed by atoms with E-state index in [0.29, 0.717) is 16.9 Å². The Morgan fingerprint density at radius 2 is 1.60 bits per heavy atom. The van der Waals surface area contributed by atoms with Crippen LogP contribution in [-0.4, -0.2) is 23.2 Å². The molecule has 3 aromatic rings. The minimum atomic E-state index is -1.76. The highest BCUT2D eigenvalue weighted by atomic mass is 35.5. The van der Waals surface area contributed by atoms with Crippen LogP contribution in [0.5, 0.6) is 0 Å². The lowest BCUT2D eigenvalue weighted by Crippen LogP contribution is -2.35. The molecule has 0 saturated heterocycles. The number of carbonyl (C=O) groups excluding carboxylic acids is 2. The number of alkyl halides is 2. The molecule has 2 atom stereocenters. The second-order valence-electron chi connectivity index (χ2n) is 8.14. The van der Waals surface area contributed by atoms with Gasteiger partial charge in [0.25, 0.3) is 5.91 Å². The van der Waals surface area contributed by atoms with Crippen LogP contribution in [0.2, 0.25) is 15.1 Å². The normalized spacial score (nSPS) is 20.4. The van der Waals surface area contributed by atoms with Gasteiger partial charge in [-0.25, -0.2) is 4.39 Å². The van der Waals surface area contributed by atoms with E-state index in [1.165, 1.54) is 36.2 Å². The van der Waals surface area contributed by atoms with Crippen molar-refractivity contribution >= 4 is 81.2 Å². The van der Waals surface area contributed by atoms with Gasteiger partial charge in [-0.05, 0) is 53.6 Å². The molecular weight excluding hydrogens is 559 g/mol. The first kappa shape index (κ1) is 25.9. The molecule has 0 heterocycles. The Kier molecular flexibility index (Phi) is 6.66. The smallest absolute Gasteiger partial charge is 0.261 e. The first-order chi connectivity index (χ1) is 16.4. The molecular formula is C24H17Cl5FN3O2. The first-order valence-corrected chi connectivity index (χ1v) is 12.0. The molecule has 1 aliphatic rings. The highest BCUT2D eigenvalue weighted by molar-refractivity contribution is 6.56. The van der Waals surface area contributed by atoms with Gasteiger partial charge >= 0.3 is 0 Å². The highest BCUT2D eigenvalue weighted by Gasteiger charge is 2.81. The summed E-state index contributed by atoms with van der Waals surface area (Å²) in [6.45, 7) is 0. The SMILES string of the molecule is CN(C(=O)c1c(Cl)ccc(C2(C(N)=O)C(c3ccc(F)c(Cl)c3)C2(Cl)Cl)c1Cl)c1ccc(N)cc1. The standard InChI is InChI=1S/C24H17Cl5FN3O2/c1-33(13-5-3-12(31)4-6-13)21(34)18-15(25)8-7-14(19(18)27)23(22(32)35)20(24(23,28)29)11-2-9-17(30)16(26)10-11/h2-10,20H,31H2,1H3,(H2,32,35). The molecule has 1 saturated carbocycles. The van der Waals surface area contributed by atoms with Gasteiger partial charge < -0.3 is 16.4 Å². The minimum Gasteiger partial charge on any atom is -0.399 e. The number of hydrogen-bond donors (Lipinski definition) is 2. The quantitative estimate of drug-likeness (QED) is 0.275. The summed E-state index contributed by atoms with van der Waals surface area (Å²) in [7, 11) is 1.53. The molecule has 0 aromatic heterocycles. The molecule has 0 spiro atoms. The van der Waals surface area contributed by atoms with Crippen LogP contribution in [0.3, 0.4) is 0 Å². The van der Waals surface area contributed by atoms with Crippen LogP contribution in [0.15, 0.2) is 54.6 Å². The Labute approximate surface area is 225 Å². The van der Waals surface area contributed by atoms with Crippen LogP contribution in [-0.2, 0) is 10.2 Å². The Morgan fingerprint density at radius 1 is 0.971 bits per heavy atom. The number of nitrogens with two attached hydrogens (primary N) is 2. The van der Waals surface area contributed by atoms with Crippen molar-refractivity contribution < 1.29 is 14.0 Å². The second kappa shape index (κ2) is 9.02. The summed E-state index contributed by atoms with van der Waals surface area (Å²) in [6, 6.07) is 13.3. The van der Waals surface area contributed by atoms with E-state index in [-0.39, 0.29) is 26.2 Å². The van der Waals surface area contributed by atoms with Crippen LogP contribution in [0.25, 0.3) is 0 Å². The molecule has 0 bridgehead atoms. The van der Waals surface area contributed by atoms with Gasteiger partial charge in [0.1, 0.15) is 15.6 Å². The summed E-state index contributed by atoms with van der Waals surface area (Å²) >= 11 is 32.3. The van der Waals surface area contributed by atoms with E-state index in [0.717, 1.165) is 6.07 Å². The molecule has 182 valence electrons. The molecule has 2 amide bonds. The summed E-state index contributed by atoms with van der Waals surface area (Å²) < 4.78 is 12.0. The predicted molar refractivity (Wildman–Crippen MR) is 140 cm³/mol. The van der Waals surface area contributed by atoms with E-state index < -0.39 is 33.3 Å². The van der Waals surface area contributed by atoms with E-state index in [9.17, 15) is 14.0 Å². The summed E-state index contributed by atoms with van der Waals surface area (Å²) in [4.78, 5) is 27.6. The van der Waals surface area contributed by atoms with E-state index in [4.69, 9.17) is 69.5 Å². The number of nitrogens with zero attached hydrogens (tertiary/aromatic N) is 1. The maximum Gasteiger partial charge on any atom is 0.261 e. The van der Waals surface area contributed by atoms with Gasteiger partial charge in [-0.15, -0.1) is 0 Å². The van der Waals surface area contributed by atoms with Gasteiger partial charge in [0.2, 0.25) is 5.91 Å². The maximum atomic E-state index is 13.8. The van der Waals surface area contributed by atoms with E-state index in [2.05, 4.69) is 0 Å². The Morgan fingerprint density at radius 3 is 2.17 bits per heavy atom. The summed E-state index contributed by atoms with van der Waals surface area (Å²) in [6.07, 6.45) is 0. The number of amides is 2. The van der Waals surface area contributed by atoms with Gasteiger partial charge in [0.05, 0.1) is 20.6 Å². The van der Waals surface area contributed by atoms with Crippen molar-refractivity contribution in [2.75, 3.05) is 17.7 Å². The zero-order valence-corrected chi connectivity index (χ0v) is 21.7. The molecule has 35 heavy (non-hydrogen) atoms. The number of halogens is 6. The first-order valence-electron chi connectivity index (χ1n) is 10.1.